The van der Waals surface area contributed by atoms with Crippen LogP contribution >= 0.6 is 0 Å². The zero-order valence-electron chi connectivity index (χ0n) is 14.9. The second kappa shape index (κ2) is 8.70. The minimum Gasteiger partial charge on any atom is -0.487 e. The van der Waals surface area contributed by atoms with Gasteiger partial charge in [-0.2, -0.15) is 13.2 Å². The molecular weight excluding hydrogens is 361 g/mol. The Hall–Kier alpha value is -2.83. The van der Waals surface area contributed by atoms with E-state index in [4.69, 9.17) is 9.47 Å². The third kappa shape index (κ3) is 5.09. The summed E-state index contributed by atoms with van der Waals surface area (Å²) < 4.78 is 48.6. The minimum absolute atomic E-state index is 0.0719. The Labute approximate surface area is 154 Å². The zero-order chi connectivity index (χ0) is 20.0. The number of carbonyl (C=O) groups is 2. The lowest BCUT2D eigenvalue weighted by molar-refractivity contribution is -0.137. The van der Waals surface area contributed by atoms with E-state index in [0.29, 0.717) is 5.56 Å². The molecule has 0 aliphatic rings. The van der Waals surface area contributed by atoms with Crippen molar-refractivity contribution in [3.8, 4) is 5.75 Å². The molecule has 0 aliphatic heterocycles. The lowest BCUT2D eigenvalue weighted by Crippen LogP contribution is -2.12. The van der Waals surface area contributed by atoms with Crippen LogP contribution in [0.1, 0.15) is 52.1 Å². The number of hydrogen-bond donors (Lipinski definition) is 0. The van der Waals surface area contributed by atoms with Gasteiger partial charge in [-0.05, 0) is 36.8 Å². The number of halogens is 3. The second-order valence-electron chi connectivity index (χ2n) is 5.66. The van der Waals surface area contributed by atoms with Gasteiger partial charge in [-0.3, -0.25) is 4.79 Å². The first-order chi connectivity index (χ1) is 12.8. The van der Waals surface area contributed by atoms with Crippen LogP contribution in [0.4, 0.5) is 13.2 Å². The summed E-state index contributed by atoms with van der Waals surface area (Å²) in [5.41, 5.74) is 0.0367. The standard InChI is InChI=1S/C20H19F3O4/c1-3-17(24)15-6-5-7-16(19(25)26-4-2)18(15)27-12-13-8-10-14(11-9-13)20(21,22)23/h5-11H,3-4,12H2,1-2H3. The molecule has 0 aliphatic carbocycles. The molecule has 0 heterocycles. The summed E-state index contributed by atoms with van der Waals surface area (Å²) in [7, 11) is 0. The van der Waals surface area contributed by atoms with E-state index in [1.165, 1.54) is 24.3 Å². The van der Waals surface area contributed by atoms with Crippen LogP contribution in [0.5, 0.6) is 5.75 Å². The molecule has 2 aromatic rings. The van der Waals surface area contributed by atoms with Crippen molar-refractivity contribution in [2.75, 3.05) is 6.61 Å². The van der Waals surface area contributed by atoms with Crippen molar-refractivity contribution < 1.29 is 32.2 Å². The van der Waals surface area contributed by atoms with E-state index in [-0.39, 0.29) is 42.3 Å². The number of rotatable bonds is 7. The molecule has 0 unspecified atom stereocenters. The van der Waals surface area contributed by atoms with Crippen LogP contribution < -0.4 is 4.74 Å². The minimum atomic E-state index is -4.42. The molecule has 27 heavy (non-hydrogen) atoms. The molecule has 2 aromatic carbocycles. The van der Waals surface area contributed by atoms with Gasteiger partial charge in [0.2, 0.25) is 0 Å². The summed E-state index contributed by atoms with van der Waals surface area (Å²) in [4.78, 5) is 24.3. The Bertz CT molecular complexity index is 811. The van der Waals surface area contributed by atoms with Gasteiger partial charge in [-0.25, -0.2) is 4.79 Å². The molecule has 0 radical (unpaired) electrons. The van der Waals surface area contributed by atoms with E-state index in [2.05, 4.69) is 0 Å². The van der Waals surface area contributed by atoms with E-state index in [1.54, 1.807) is 19.9 Å². The van der Waals surface area contributed by atoms with E-state index in [1.807, 2.05) is 0 Å². The average molecular weight is 380 g/mol. The summed E-state index contributed by atoms with van der Waals surface area (Å²) in [6.45, 7) is 3.39. The first kappa shape index (κ1) is 20.5. The Balaban J connectivity index is 2.30. The number of esters is 1. The van der Waals surface area contributed by atoms with Crippen LogP contribution in [0.25, 0.3) is 0 Å². The highest BCUT2D eigenvalue weighted by molar-refractivity contribution is 6.03. The summed E-state index contributed by atoms with van der Waals surface area (Å²) in [5.74, 6) is -0.781. The number of ketones is 1. The largest absolute Gasteiger partial charge is 0.487 e. The fraction of sp³-hybridized carbons (Fsp3) is 0.300. The van der Waals surface area contributed by atoms with Crippen LogP contribution in [-0.2, 0) is 17.5 Å². The van der Waals surface area contributed by atoms with Crippen molar-refractivity contribution in [1.82, 2.24) is 0 Å². The van der Waals surface area contributed by atoms with E-state index in [0.717, 1.165) is 12.1 Å². The molecule has 0 saturated carbocycles. The molecule has 2 rings (SSSR count). The van der Waals surface area contributed by atoms with E-state index >= 15 is 0 Å². The molecule has 0 N–H and O–H groups in total. The number of benzene rings is 2. The van der Waals surface area contributed by atoms with E-state index < -0.39 is 17.7 Å². The highest BCUT2D eigenvalue weighted by atomic mass is 19.4. The highest BCUT2D eigenvalue weighted by Crippen LogP contribution is 2.30. The summed E-state index contributed by atoms with van der Waals surface area (Å²) in [6.07, 6.45) is -4.21. The smallest absolute Gasteiger partial charge is 0.416 e. The number of carbonyl (C=O) groups excluding carboxylic acids is 2. The number of para-hydroxylation sites is 1. The molecular formula is C20H19F3O4. The third-order valence-electron chi connectivity index (χ3n) is 3.80. The van der Waals surface area contributed by atoms with E-state index in [9.17, 15) is 22.8 Å². The predicted molar refractivity (Wildman–Crippen MR) is 92.8 cm³/mol. The summed E-state index contributed by atoms with van der Waals surface area (Å²) in [6, 6.07) is 9.06. The Morgan fingerprint density at radius 1 is 0.963 bits per heavy atom. The highest BCUT2D eigenvalue weighted by Gasteiger charge is 2.30. The van der Waals surface area contributed by atoms with Crippen molar-refractivity contribution in [1.29, 1.82) is 0 Å². The second-order valence-corrected chi connectivity index (χ2v) is 5.66. The predicted octanol–water partition coefficient (Wildman–Crippen LogP) is 5.05. The van der Waals surface area contributed by atoms with Crippen molar-refractivity contribution in [3.63, 3.8) is 0 Å². The molecule has 0 saturated heterocycles. The van der Waals surface area contributed by atoms with Gasteiger partial charge in [0, 0.05) is 6.42 Å². The average Bonchev–Trinajstić information content (AvgIpc) is 2.65. The van der Waals surface area contributed by atoms with Crippen LogP contribution in [-0.4, -0.2) is 18.4 Å². The van der Waals surface area contributed by atoms with Gasteiger partial charge in [0.25, 0.3) is 0 Å². The molecule has 0 fully saturated rings. The number of ether oxygens (including phenoxy) is 2. The van der Waals surface area contributed by atoms with Gasteiger partial charge >= 0.3 is 12.1 Å². The van der Waals surface area contributed by atoms with Crippen molar-refractivity contribution in [2.45, 2.75) is 33.1 Å². The number of alkyl halides is 3. The van der Waals surface area contributed by atoms with Gasteiger partial charge in [0.15, 0.2) is 5.78 Å². The van der Waals surface area contributed by atoms with Crippen LogP contribution in [0.15, 0.2) is 42.5 Å². The lowest BCUT2D eigenvalue weighted by atomic mass is 10.0. The maximum atomic E-state index is 12.6. The normalized spacial score (nSPS) is 11.1. The quantitative estimate of drug-likeness (QED) is 0.498. The maximum absolute atomic E-state index is 12.6. The van der Waals surface area contributed by atoms with Crippen molar-refractivity contribution in [3.05, 3.63) is 64.7 Å². The fourth-order valence-corrected chi connectivity index (χ4v) is 2.42. The van der Waals surface area contributed by atoms with Gasteiger partial charge in [0.05, 0.1) is 17.7 Å². The SMILES string of the molecule is CCOC(=O)c1cccc(C(=O)CC)c1OCc1ccc(C(F)(F)F)cc1. The van der Waals surface area contributed by atoms with Gasteiger partial charge in [-0.1, -0.05) is 25.1 Å². The zero-order valence-corrected chi connectivity index (χ0v) is 14.9. The molecule has 4 nitrogen and oxygen atoms in total. The van der Waals surface area contributed by atoms with Gasteiger partial charge in [-0.15, -0.1) is 0 Å². The lowest BCUT2D eigenvalue weighted by Gasteiger charge is -2.15. The molecule has 0 amide bonds. The molecule has 0 bridgehead atoms. The maximum Gasteiger partial charge on any atom is 0.416 e. The number of hydrogen-bond acceptors (Lipinski definition) is 4. The first-order valence-corrected chi connectivity index (χ1v) is 8.40. The van der Waals surface area contributed by atoms with Crippen LogP contribution in [0.3, 0.4) is 0 Å². The van der Waals surface area contributed by atoms with Gasteiger partial charge in [0.1, 0.15) is 17.9 Å². The number of Topliss-reactive ketones (excluding diaryl/α,β-unsaturated/α-hetero) is 1. The van der Waals surface area contributed by atoms with Crippen molar-refractivity contribution >= 4 is 11.8 Å². The monoisotopic (exact) mass is 380 g/mol. The Morgan fingerprint density at radius 3 is 2.15 bits per heavy atom. The summed E-state index contributed by atoms with van der Waals surface area (Å²) in [5, 5.41) is 0. The van der Waals surface area contributed by atoms with Gasteiger partial charge < -0.3 is 9.47 Å². The topological polar surface area (TPSA) is 52.6 Å². The van der Waals surface area contributed by atoms with Crippen LogP contribution in [0, 0.1) is 0 Å². The molecule has 144 valence electrons. The molecule has 0 spiro atoms. The molecule has 0 atom stereocenters. The first-order valence-electron chi connectivity index (χ1n) is 8.40. The molecule has 7 heteroatoms. The Morgan fingerprint density at radius 2 is 1.59 bits per heavy atom. The molecule has 0 aromatic heterocycles. The third-order valence-corrected chi connectivity index (χ3v) is 3.80. The fourth-order valence-electron chi connectivity index (χ4n) is 2.42. The van der Waals surface area contributed by atoms with Crippen LogP contribution in [0.2, 0.25) is 0 Å². The summed E-state index contributed by atoms with van der Waals surface area (Å²) >= 11 is 0. The Kier molecular flexibility index (Phi) is 6.60. The van der Waals surface area contributed by atoms with Crippen molar-refractivity contribution in [2.24, 2.45) is 0 Å².